The highest BCUT2D eigenvalue weighted by molar-refractivity contribution is 7.99. The lowest BCUT2D eigenvalue weighted by Crippen LogP contribution is -2.27. The van der Waals surface area contributed by atoms with E-state index in [-0.39, 0.29) is 5.91 Å². The molecule has 1 fully saturated rings. The van der Waals surface area contributed by atoms with Crippen molar-refractivity contribution in [2.75, 3.05) is 12.3 Å². The van der Waals surface area contributed by atoms with Crippen LogP contribution in [0.4, 0.5) is 0 Å². The Balaban J connectivity index is 1.68. The van der Waals surface area contributed by atoms with Gasteiger partial charge < -0.3 is 5.32 Å². The standard InChI is InChI=1S/C13H15Cl2NOS/c14-11-4-3-10(12(15)5-11)7-18-8-13(17)16-6-9-1-2-9/h3-5,9H,1-2,6-8H2,(H,16,17). The maximum atomic E-state index is 11.5. The number of rotatable bonds is 6. The van der Waals surface area contributed by atoms with E-state index in [1.165, 1.54) is 12.8 Å². The van der Waals surface area contributed by atoms with Crippen molar-refractivity contribution in [2.24, 2.45) is 5.92 Å². The van der Waals surface area contributed by atoms with E-state index in [4.69, 9.17) is 23.2 Å². The summed E-state index contributed by atoms with van der Waals surface area (Å²) >= 11 is 13.4. The van der Waals surface area contributed by atoms with Crippen LogP contribution in [-0.2, 0) is 10.5 Å². The Hall–Kier alpha value is -0.380. The minimum absolute atomic E-state index is 0.108. The summed E-state index contributed by atoms with van der Waals surface area (Å²) in [6, 6.07) is 5.45. The van der Waals surface area contributed by atoms with E-state index < -0.39 is 0 Å². The fraction of sp³-hybridized carbons (Fsp3) is 0.462. The summed E-state index contributed by atoms with van der Waals surface area (Å²) in [7, 11) is 0. The van der Waals surface area contributed by atoms with Crippen LogP contribution in [0, 0.1) is 5.92 Å². The molecule has 1 aromatic carbocycles. The third kappa shape index (κ3) is 4.71. The smallest absolute Gasteiger partial charge is 0.230 e. The minimum atomic E-state index is 0.108. The molecule has 1 aliphatic carbocycles. The number of hydrogen-bond donors (Lipinski definition) is 1. The van der Waals surface area contributed by atoms with Crippen molar-refractivity contribution in [2.45, 2.75) is 18.6 Å². The van der Waals surface area contributed by atoms with Crippen LogP contribution >= 0.6 is 35.0 Å². The Morgan fingerprint density at radius 3 is 2.83 bits per heavy atom. The second kappa shape index (κ2) is 6.69. The first-order valence-electron chi connectivity index (χ1n) is 5.93. The molecule has 0 bridgehead atoms. The molecule has 18 heavy (non-hydrogen) atoms. The van der Waals surface area contributed by atoms with Gasteiger partial charge in [0, 0.05) is 22.3 Å². The molecule has 98 valence electrons. The van der Waals surface area contributed by atoms with E-state index in [1.807, 2.05) is 12.1 Å². The molecule has 0 aliphatic heterocycles. The zero-order valence-corrected chi connectivity index (χ0v) is 12.2. The van der Waals surface area contributed by atoms with Gasteiger partial charge in [-0.3, -0.25) is 4.79 Å². The molecule has 5 heteroatoms. The van der Waals surface area contributed by atoms with Crippen molar-refractivity contribution in [1.82, 2.24) is 5.32 Å². The number of halogens is 2. The van der Waals surface area contributed by atoms with Gasteiger partial charge in [0.15, 0.2) is 0 Å². The lowest BCUT2D eigenvalue weighted by Gasteiger charge is -2.06. The highest BCUT2D eigenvalue weighted by Gasteiger charge is 2.21. The normalized spacial score (nSPS) is 14.6. The van der Waals surface area contributed by atoms with E-state index >= 15 is 0 Å². The summed E-state index contributed by atoms with van der Waals surface area (Å²) in [6.07, 6.45) is 2.52. The molecular formula is C13H15Cl2NOS. The topological polar surface area (TPSA) is 29.1 Å². The molecule has 0 saturated heterocycles. The van der Waals surface area contributed by atoms with Gasteiger partial charge in [-0.2, -0.15) is 0 Å². The molecule has 0 spiro atoms. The molecule has 1 N–H and O–H groups in total. The predicted molar refractivity (Wildman–Crippen MR) is 78.4 cm³/mol. The Bertz CT molecular complexity index is 435. The van der Waals surface area contributed by atoms with E-state index in [1.54, 1.807) is 17.8 Å². The quantitative estimate of drug-likeness (QED) is 0.867. The van der Waals surface area contributed by atoms with Gasteiger partial charge in [0.05, 0.1) is 5.75 Å². The molecule has 0 atom stereocenters. The SMILES string of the molecule is O=C(CSCc1ccc(Cl)cc1Cl)NCC1CC1. The Morgan fingerprint density at radius 2 is 2.17 bits per heavy atom. The zero-order chi connectivity index (χ0) is 13.0. The van der Waals surface area contributed by atoms with E-state index in [2.05, 4.69) is 5.32 Å². The van der Waals surface area contributed by atoms with Crippen LogP contribution in [0.5, 0.6) is 0 Å². The lowest BCUT2D eigenvalue weighted by molar-refractivity contribution is -0.118. The number of carbonyl (C=O) groups is 1. The summed E-state index contributed by atoms with van der Waals surface area (Å²) in [6.45, 7) is 0.834. The first-order chi connectivity index (χ1) is 8.65. The van der Waals surface area contributed by atoms with Gasteiger partial charge in [-0.15, -0.1) is 11.8 Å². The summed E-state index contributed by atoms with van der Waals surface area (Å²) in [5.74, 6) is 2.04. The Morgan fingerprint density at radius 1 is 1.39 bits per heavy atom. The molecule has 1 amide bonds. The Kier molecular flexibility index (Phi) is 5.22. The van der Waals surface area contributed by atoms with Gasteiger partial charge >= 0.3 is 0 Å². The predicted octanol–water partition coefficient (Wildman–Crippen LogP) is 3.75. The number of nitrogens with one attached hydrogen (secondary N) is 1. The third-order valence-electron chi connectivity index (χ3n) is 2.79. The minimum Gasteiger partial charge on any atom is -0.355 e. The van der Waals surface area contributed by atoms with Gasteiger partial charge in [0.1, 0.15) is 0 Å². The molecule has 0 aromatic heterocycles. The van der Waals surface area contributed by atoms with Crippen LogP contribution in [0.1, 0.15) is 18.4 Å². The second-order valence-electron chi connectivity index (χ2n) is 4.48. The number of benzene rings is 1. The third-order valence-corrected chi connectivity index (χ3v) is 4.36. The van der Waals surface area contributed by atoms with Crippen LogP contribution in [0.3, 0.4) is 0 Å². The molecule has 1 aliphatic rings. The average Bonchev–Trinajstić information content (AvgIpc) is 3.13. The molecule has 0 heterocycles. The first kappa shape index (κ1) is 14.0. The summed E-state index contributed by atoms with van der Waals surface area (Å²) in [4.78, 5) is 11.5. The summed E-state index contributed by atoms with van der Waals surface area (Å²) < 4.78 is 0. The number of thioether (sulfide) groups is 1. The van der Waals surface area contributed by atoms with Crippen molar-refractivity contribution < 1.29 is 4.79 Å². The van der Waals surface area contributed by atoms with Crippen molar-refractivity contribution in [3.8, 4) is 0 Å². The highest BCUT2D eigenvalue weighted by atomic mass is 35.5. The highest BCUT2D eigenvalue weighted by Crippen LogP contribution is 2.27. The monoisotopic (exact) mass is 303 g/mol. The van der Waals surface area contributed by atoms with Crippen molar-refractivity contribution in [1.29, 1.82) is 0 Å². The maximum Gasteiger partial charge on any atom is 0.230 e. The van der Waals surface area contributed by atoms with Crippen LogP contribution in [0.25, 0.3) is 0 Å². The van der Waals surface area contributed by atoms with Crippen molar-refractivity contribution >= 4 is 40.9 Å². The summed E-state index contributed by atoms with van der Waals surface area (Å²) in [5, 5.41) is 4.24. The van der Waals surface area contributed by atoms with Gasteiger partial charge in [0.2, 0.25) is 5.91 Å². The maximum absolute atomic E-state index is 11.5. The molecule has 2 nitrogen and oxygen atoms in total. The van der Waals surface area contributed by atoms with Crippen molar-refractivity contribution in [3.63, 3.8) is 0 Å². The number of amides is 1. The van der Waals surface area contributed by atoms with Crippen LogP contribution in [0.15, 0.2) is 18.2 Å². The largest absolute Gasteiger partial charge is 0.355 e. The van der Waals surface area contributed by atoms with E-state index in [0.717, 1.165) is 23.8 Å². The molecule has 1 aromatic rings. The Labute approximate surface area is 121 Å². The second-order valence-corrected chi connectivity index (χ2v) is 6.31. The molecule has 2 rings (SSSR count). The van der Waals surface area contributed by atoms with Crippen LogP contribution in [-0.4, -0.2) is 18.2 Å². The summed E-state index contributed by atoms with van der Waals surface area (Å²) in [5.41, 5.74) is 1.01. The van der Waals surface area contributed by atoms with E-state index in [9.17, 15) is 4.79 Å². The van der Waals surface area contributed by atoms with Gasteiger partial charge in [-0.05, 0) is 36.5 Å². The van der Waals surface area contributed by atoms with Gasteiger partial charge in [-0.1, -0.05) is 29.3 Å². The molecular weight excluding hydrogens is 289 g/mol. The lowest BCUT2D eigenvalue weighted by atomic mass is 10.2. The number of carbonyl (C=O) groups excluding carboxylic acids is 1. The number of hydrogen-bond acceptors (Lipinski definition) is 2. The molecule has 0 unspecified atom stereocenters. The van der Waals surface area contributed by atoms with Crippen LogP contribution in [0.2, 0.25) is 10.0 Å². The average molecular weight is 304 g/mol. The first-order valence-corrected chi connectivity index (χ1v) is 7.84. The fourth-order valence-corrected chi connectivity index (χ4v) is 2.94. The van der Waals surface area contributed by atoms with Gasteiger partial charge in [0.25, 0.3) is 0 Å². The van der Waals surface area contributed by atoms with Crippen molar-refractivity contribution in [3.05, 3.63) is 33.8 Å². The van der Waals surface area contributed by atoms with E-state index in [0.29, 0.717) is 15.8 Å². The van der Waals surface area contributed by atoms with Gasteiger partial charge in [-0.25, -0.2) is 0 Å². The molecule has 0 radical (unpaired) electrons. The molecule has 1 saturated carbocycles. The zero-order valence-electron chi connectivity index (χ0n) is 9.92. The fourth-order valence-electron chi connectivity index (χ4n) is 1.52. The van der Waals surface area contributed by atoms with Crippen LogP contribution < -0.4 is 5.32 Å².